The second-order valence-electron chi connectivity index (χ2n) is 7.21. The largest absolute Gasteiger partial charge is 0.316 e. The van der Waals surface area contributed by atoms with Gasteiger partial charge in [0, 0.05) is 6.04 Å². The van der Waals surface area contributed by atoms with Crippen LogP contribution in [0.15, 0.2) is 24.3 Å². The van der Waals surface area contributed by atoms with Crippen molar-refractivity contribution in [3.05, 3.63) is 35.4 Å². The highest BCUT2D eigenvalue weighted by Gasteiger charge is 2.33. The Balaban J connectivity index is 2.06. The SMILES string of the molecule is CNC(Cc1ccc(C(C)(C)C)cc1)C1CCS(=O)(=O)C1. The van der Waals surface area contributed by atoms with Crippen molar-refractivity contribution in [1.29, 1.82) is 0 Å². The third-order valence-corrected chi connectivity index (χ3v) is 6.28. The zero-order valence-corrected chi connectivity index (χ0v) is 14.3. The van der Waals surface area contributed by atoms with Gasteiger partial charge in [-0.25, -0.2) is 8.42 Å². The molecule has 1 aromatic carbocycles. The summed E-state index contributed by atoms with van der Waals surface area (Å²) in [5.41, 5.74) is 2.77. The lowest BCUT2D eigenvalue weighted by atomic mass is 9.85. The van der Waals surface area contributed by atoms with Crippen molar-refractivity contribution < 1.29 is 8.42 Å². The lowest BCUT2D eigenvalue weighted by Crippen LogP contribution is -2.36. The molecule has 1 aromatic rings. The Morgan fingerprint density at radius 3 is 2.29 bits per heavy atom. The second kappa shape index (κ2) is 6.09. The minimum Gasteiger partial charge on any atom is -0.316 e. The maximum absolute atomic E-state index is 11.6. The quantitative estimate of drug-likeness (QED) is 0.930. The Bertz CT molecular complexity index is 570. The minimum absolute atomic E-state index is 0.167. The van der Waals surface area contributed by atoms with Crippen LogP contribution in [0.2, 0.25) is 0 Å². The predicted molar refractivity (Wildman–Crippen MR) is 88.5 cm³/mol. The maximum atomic E-state index is 11.6. The van der Waals surface area contributed by atoms with E-state index in [2.05, 4.69) is 50.4 Å². The summed E-state index contributed by atoms with van der Waals surface area (Å²) in [5.74, 6) is 0.916. The molecule has 21 heavy (non-hydrogen) atoms. The van der Waals surface area contributed by atoms with Crippen molar-refractivity contribution in [3.8, 4) is 0 Å². The smallest absolute Gasteiger partial charge is 0.150 e. The Morgan fingerprint density at radius 2 is 1.86 bits per heavy atom. The fourth-order valence-corrected chi connectivity index (χ4v) is 4.92. The molecule has 1 aliphatic rings. The highest BCUT2D eigenvalue weighted by atomic mass is 32.2. The number of hydrogen-bond acceptors (Lipinski definition) is 3. The van der Waals surface area contributed by atoms with Crippen molar-refractivity contribution in [3.63, 3.8) is 0 Å². The third-order valence-electron chi connectivity index (χ3n) is 4.48. The lowest BCUT2D eigenvalue weighted by molar-refractivity contribution is 0.403. The minimum atomic E-state index is -2.81. The Labute approximate surface area is 129 Å². The molecule has 118 valence electrons. The summed E-state index contributed by atoms with van der Waals surface area (Å²) in [6.07, 6.45) is 1.68. The highest BCUT2D eigenvalue weighted by Crippen LogP contribution is 2.26. The average molecular weight is 309 g/mol. The van der Waals surface area contributed by atoms with Crippen LogP contribution >= 0.6 is 0 Å². The molecule has 0 radical (unpaired) electrons. The molecule has 1 aliphatic heterocycles. The van der Waals surface area contributed by atoms with Gasteiger partial charge in [-0.1, -0.05) is 45.0 Å². The van der Waals surface area contributed by atoms with E-state index in [4.69, 9.17) is 0 Å². The van der Waals surface area contributed by atoms with E-state index in [1.165, 1.54) is 11.1 Å². The molecule has 1 fully saturated rings. The molecule has 2 rings (SSSR count). The lowest BCUT2D eigenvalue weighted by Gasteiger charge is -2.23. The van der Waals surface area contributed by atoms with E-state index >= 15 is 0 Å². The first-order valence-electron chi connectivity index (χ1n) is 7.68. The van der Waals surface area contributed by atoms with Crippen LogP contribution in [0.3, 0.4) is 0 Å². The van der Waals surface area contributed by atoms with Crippen LogP contribution in [0.5, 0.6) is 0 Å². The summed E-state index contributed by atoms with van der Waals surface area (Å²) in [7, 11) is -0.879. The summed E-state index contributed by atoms with van der Waals surface area (Å²) < 4.78 is 23.3. The van der Waals surface area contributed by atoms with Crippen LogP contribution in [0.4, 0.5) is 0 Å². The van der Waals surface area contributed by atoms with E-state index in [1.54, 1.807) is 0 Å². The Hall–Kier alpha value is -0.870. The van der Waals surface area contributed by atoms with Crippen molar-refractivity contribution in [1.82, 2.24) is 5.32 Å². The molecule has 2 atom stereocenters. The Morgan fingerprint density at radius 1 is 1.24 bits per heavy atom. The zero-order valence-electron chi connectivity index (χ0n) is 13.5. The van der Waals surface area contributed by atoms with Gasteiger partial charge in [0.05, 0.1) is 11.5 Å². The number of benzene rings is 1. The Kier molecular flexibility index (Phi) is 4.79. The van der Waals surface area contributed by atoms with Crippen LogP contribution in [-0.4, -0.2) is 33.0 Å². The van der Waals surface area contributed by atoms with Gasteiger partial charge in [-0.15, -0.1) is 0 Å². The first kappa shape index (κ1) is 16.5. The number of nitrogens with one attached hydrogen (secondary N) is 1. The van der Waals surface area contributed by atoms with Gasteiger partial charge in [0.2, 0.25) is 0 Å². The van der Waals surface area contributed by atoms with Gasteiger partial charge in [-0.2, -0.15) is 0 Å². The molecular weight excluding hydrogens is 282 g/mol. The van der Waals surface area contributed by atoms with Gasteiger partial charge in [-0.05, 0) is 42.3 Å². The second-order valence-corrected chi connectivity index (χ2v) is 9.44. The normalized spacial score (nSPS) is 23.1. The highest BCUT2D eigenvalue weighted by molar-refractivity contribution is 7.91. The average Bonchev–Trinajstić information content (AvgIpc) is 2.75. The molecular formula is C17H27NO2S. The van der Waals surface area contributed by atoms with Gasteiger partial charge in [0.25, 0.3) is 0 Å². The monoisotopic (exact) mass is 309 g/mol. The summed E-state index contributed by atoms with van der Waals surface area (Å²) in [6.45, 7) is 6.63. The van der Waals surface area contributed by atoms with Crippen LogP contribution in [-0.2, 0) is 21.7 Å². The fourth-order valence-electron chi connectivity index (χ4n) is 3.04. The molecule has 0 saturated carbocycles. The van der Waals surface area contributed by atoms with Crippen LogP contribution < -0.4 is 5.32 Å². The summed E-state index contributed by atoms with van der Waals surface area (Å²) in [5, 5.41) is 3.31. The zero-order chi connectivity index (χ0) is 15.7. The first-order valence-corrected chi connectivity index (χ1v) is 9.50. The van der Waals surface area contributed by atoms with Gasteiger partial charge < -0.3 is 5.32 Å². The molecule has 1 heterocycles. The third kappa shape index (κ3) is 4.30. The molecule has 0 bridgehead atoms. The van der Waals surface area contributed by atoms with Gasteiger partial charge in [0.1, 0.15) is 0 Å². The van der Waals surface area contributed by atoms with E-state index < -0.39 is 9.84 Å². The molecule has 0 aromatic heterocycles. The molecule has 1 N–H and O–H groups in total. The topological polar surface area (TPSA) is 46.2 Å². The molecule has 1 saturated heterocycles. The summed E-state index contributed by atoms with van der Waals surface area (Å²) in [4.78, 5) is 0. The first-order chi connectivity index (χ1) is 9.71. The van der Waals surface area contributed by atoms with Crippen molar-refractivity contribution in [2.75, 3.05) is 18.6 Å². The number of hydrogen-bond donors (Lipinski definition) is 1. The van der Waals surface area contributed by atoms with E-state index in [-0.39, 0.29) is 17.4 Å². The van der Waals surface area contributed by atoms with Crippen LogP contribution in [0, 0.1) is 5.92 Å². The van der Waals surface area contributed by atoms with Gasteiger partial charge >= 0.3 is 0 Å². The van der Waals surface area contributed by atoms with E-state index in [0.29, 0.717) is 11.5 Å². The number of rotatable bonds is 4. The molecule has 3 nitrogen and oxygen atoms in total. The van der Waals surface area contributed by atoms with Crippen LogP contribution in [0.25, 0.3) is 0 Å². The number of likely N-dealkylation sites (N-methyl/N-ethyl adjacent to an activating group) is 1. The molecule has 4 heteroatoms. The van der Waals surface area contributed by atoms with Crippen molar-refractivity contribution >= 4 is 9.84 Å². The van der Waals surface area contributed by atoms with E-state index in [1.807, 2.05) is 7.05 Å². The standard InChI is InChI=1S/C17H27NO2S/c1-17(2,3)15-7-5-13(6-8-15)11-16(18-4)14-9-10-21(19,20)12-14/h5-8,14,16,18H,9-12H2,1-4H3. The summed E-state index contributed by atoms with van der Waals surface area (Å²) >= 11 is 0. The van der Waals surface area contributed by atoms with E-state index in [9.17, 15) is 8.42 Å². The molecule has 0 aliphatic carbocycles. The van der Waals surface area contributed by atoms with Gasteiger partial charge in [-0.3, -0.25) is 0 Å². The van der Waals surface area contributed by atoms with E-state index in [0.717, 1.165) is 12.8 Å². The van der Waals surface area contributed by atoms with Crippen molar-refractivity contribution in [2.45, 2.75) is 45.1 Å². The predicted octanol–water partition coefficient (Wildman–Crippen LogP) is 2.55. The number of sulfone groups is 1. The molecule has 0 spiro atoms. The molecule has 2 unspecified atom stereocenters. The summed E-state index contributed by atoms with van der Waals surface area (Å²) in [6, 6.07) is 8.96. The van der Waals surface area contributed by atoms with Crippen LogP contribution in [0.1, 0.15) is 38.3 Å². The molecule has 0 amide bonds. The van der Waals surface area contributed by atoms with Crippen molar-refractivity contribution in [2.24, 2.45) is 5.92 Å². The maximum Gasteiger partial charge on any atom is 0.150 e. The fraction of sp³-hybridized carbons (Fsp3) is 0.647. The van der Waals surface area contributed by atoms with Gasteiger partial charge in [0.15, 0.2) is 9.84 Å².